The Hall–Kier alpha value is -3.88. The third kappa shape index (κ3) is 3.94. The van der Waals surface area contributed by atoms with Crippen LogP contribution in [0.15, 0.2) is 36.4 Å². The Morgan fingerprint density at radius 3 is 2.42 bits per heavy atom. The van der Waals surface area contributed by atoms with Crippen molar-refractivity contribution in [2.75, 3.05) is 19.5 Å². The summed E-state index contributed by atoms with van der Waals surface area (Å²) in [7, 11) is 3.04. The Morgan fingerprint density at radius 2 is 1.77 bits per heavy atom. The Balaban J connectivity index is 1.52. The van der Waals surface area contributed by atoms with Crippen LogP contribution in [0.1, 0.15) is 39.1 Å². The molecule has 0 spiro atoms. The number of fused-ring (bicyclic) bond motifs is 1. The van der Waals surface area contributed by atoms with E-state index in [0.717, 1.165) is 0 Å². The second-order valence-corrected chi connectivity index (χ2v) is 7.33. The number of nitrogens with one attached hydrogen (secondary N) is 2. The van der Waals surface area contributed by atoms with Gasteiger partial charge in [0, 0.05) is 48.0 Å². The highest BCUT2D eigenvalue weighted by molar-refractivity contribution is 6.08. The van der Waals surface area contributed by atoms with E-state index < -0.39 is 11.9 Å². The number of hydrogen-bond donors (Lipinski definition) is 2. The lowest BCUT2D eigenvalue weighted by Gasteiger charge is -2.29. The molecule has 9 heteroatoms. The Bertz CT molecular complexity index is 1070. The first kappa shape index (κ1) is 20.4. The quantitative estimate of drug-likeness (QED) is 0.708. The van der Waals surface area contributed by atoms with Crippen molar-refractivity contribution in [3.63, 3.8) is 0 Å². The molecule has 1 unspecified atom stereocenters. The number of ether oxygens (including phenoxy) is 2. The van der Waals surface area contributed by atoms with Crippen LogP contribution in [0, 0.1) is 0 Å². The van der Waals surface area contributed by atoms with Crippen LogP contribution in [0.25, 0.3) is 0 Å². The van der Waals surface area contributed by atoms with Gasteiger partial charge in [-0.15, -0.1) is 0 Å². The lowest BCUT2D eigenvalue weighted by Crippen LogP contribution is -2.52. The van der Waals surface area contributed by atoms with E-state index in [9.17, 15) is 19.2 Å². The highest BCUT2D eigenvalue weighted by Crippen LogP contribution is 2.29. The van der Waals surface area contributed by atoms with E-state index in [1.54, 1.807) is 36.4 Å². The maximum Gasteiger partial charge on any atom is 0.255 e. The zero-order chi connectivity index (χ0) is 22.1. The second-order valence-electron chi connectivity index (χ2n) is 7.33. The molecule has 4 rings (SSSR count). The van der Waals surface area contributed by atoms with Crippen molar-refractivity contribution < 1.29 is 28.7 Å². The number of benzene rings is 2. The van der Waals surface area contributed by atoms with Crippen molar-refractivity contribution in [2.24, 2.45) is 0 Å². The molecule has 4 amide bonds. The van der Waals surface area contributed by atoms with Crippen LogP contribution in [0.4, 0.5) is 5.69 Å². The number of anilines is 1. The van der Waals surface area contributed by atoms with E-state index in [-0.39, 0.29) is 37.1 Å². The van der Waals surface area contributed by atoms with Gasteiger partial charge in [-0.25, -0.2) is 0 Å². The van der Waals surface area contributed by atoms with Gasteiger partial charge in [0.2, 0.25) is 11.8 Å². The van der Waals surface area contributed by atoms with E-state index in [1.807, 2.05) is 0 Å². The maximum atomic E-state index is 12.8. The molecule has 2 N–H and O–H groups in total. The summed E-state index contributed by atoms with van der Waals surface area (Å²) in [5, 5.41) is 5.07. The number of carbonyl (C=O) groups is 4. The van der Waals surface area contributed by atoms with E-state index in [0.29, 0.717) is 33.9 Å². The average molecular weight is 423 g/mol. The van der Waals surface area contributed by atoms with Gasteiger partial charge >= 0.3 is 0 Å². The predicted molar refractivity (Wildman–Crippen MR) is 110 cm³/mol. The molecule has 1 fully saturated rings. The fourth-order valence-electron chi connectivity index (χ4n) is 3.80. The van der Waals surface area contributed by atoms with Crippen molar-refractivity contribution in [3.05, 3.63) is 53.1 Å². The number of carbonyl (C=O) groups excluding carboxylic acids is 4. The van der Waals surface area contributed by atoms with Gasteiger partial charge in [0.25, 0.3) is 11.8 Å². The van der Waals surface area contributed by atoms with Crippen molar-refractivity contribution in [2.45, 2.75) is 25.4 Å². The maximum absolute atomic E-state index is 12.8. The summed E-state index contributed by atoms with van der Waals surface area (Å²) >= 11 is 0. The molecule has 0 aromatic heterocycles. The summed E-state index contributed by atoms with van der Waals surface area (Å²) in [5.74, 6) is -0.372. The van der Waals surface area contributed by atoms with Gasteiger partial charge in [-0.3, -0.25) is 24.5 Å². The van der Waals surface area contributed by atoms with Crippen LogP contribution in [0.5, 0.6) is 11.5 Å². The van der Waals surface area contributed by atoms with Crippen molar-refractivity contribution >= 4 is 29.3 Å². The molecule has 9 nitrogen and oxygen atoms in total. The van der Waals surface area contributed by atoms with Crippen LogP contribution in [-0.4, -0.2) is 48.8 Å². The van der Waals surface area contributed by atoms with E-state index in [4.69, 9.17) is 9.47 Å². The highest BCUT2D eigenvalue weighted by Gasteiger charge is 2.39. The first-order valence-electron chi connectivity index (χ1n) is 9.71. The second kappa shape index (κ2) is 8.10. The minimum absolute atomic E-state index is 0.189. The molecule has 2 aliphatic rings. The zero-order valence-corrected chi connectivity index (χ0v) is 17.1. The monoisotopic (exact) mass is 423 g/mol. The molecular weight excluding hydrogens is 402 g/mol. The third-order valence-electron chi connectivity index (χ3n) is 5.40. The van der Waals surface area contributed by atoms with Crippen molar-refractivity contribution in [1.82, 2.24) is 10.2 Å². The Kier molecular flexibility index (Phi) is 5.33. The number of amides is 4. The minimum atomic E-state index is -0.695. The Labute approximate surface area is 178 Å². The topological polar surface area (TPSA) is 114 Å². The smallest absolute Gasteiger partial charge is 0.255 e. The van der Waals surface area contributed by atoms with E-state index >= 15 is 0 Å². The number of nitrogens with zero attached hydrogens (tertiary/aromatic N) is 1. The molecule has 2 heterocycles. The average Bonchev–Trinajstić information content (AvgIpc) is 3.09. The molecule has 0 aliphatic carbocycles. The van der Waals surface area contributed by atoms with Crippen LogP contribution in [0.2, 0.25) is 0 Å². The van der Waals surface area contributed by atoms with Crippen LogP contribution in [-0.2, 0) is 16.1 Å². The highest BCUT2D eigenvalue weighted by atomic mass is 16.5. The fourth-order valence-corrected chi connectivity index (χ4v) is 3.80. The SMILES string of the molecule is COc1cc(NC(=O)c2ccc3c(c2)CN(C2CCC(=O)NC2=O)C3=O)cc(OC)c1. The molecule has 1 saturated heterocycles. The summed E-state index contributed by atoms with van der Waals surface area (Å²) in [6.07, 6.45) is 0.476. The predicted octanol–water partition coefficient (Wildman–Crippen LogP) is 1.72. The summed E-state index contributed by atoms with van der Waals surface area (Å²) in [4.78, 5) is 50.5. The molecule has 0 saturated carbocycles. The van der Waals surface area contributed by atoms with Gasteiger partial charge in [-0.05, 0) is 30.2 Å². The lowest BCUT2D eigenvalue weighted by atomic mass is 10.0. The molecule has 2 aromatic rings. The molecule has 0 bridgehead atoms. The van der Waals surface area contributed by atoms with Gasteiger partial charge in [0.05, 0.1) is 14.2 Å². The number of piperidine rings is 1. The summed E-state index contributed by atoms with van der Waals surface area (Å²) in [6.45, 7) is 0.203. The first-order chi connectivity index (χ1) is 14.9. The normalized spacial score (nSPS) is 17.8. The van der Waals surface area contributed by atoms with Crippen molar-refractivity contribution in [1.29, 1.82) is 0 Å². The van der Waals surface area contributed by atoms with Crippen LogP contribution >= 0.6 is 0 Å². The third-order valence-corrected chi connectivity index (χ3v) is 5.40. The zero-order valence-electron chi connectivity index (χ0n) is 17.1. The molecule has 0 radical (unpaired) electrons. The van der Waals surface area contributed by atoms with Gasteiger partial charge in [-0.1, -0.05) is 0 Å². The van der Waals surface area contributed by atoms with Gasteiger partial charge < -0.3 is 19.7 Å². The number of imide groups is 1. The molecule has 31 heavy (non-hydrogen) atoms. The van der Waals surface area contributed by atoms with E-state index in [1.165, 1.54) is 19.1 Å². The molecular formula is C22H21N3O6. The van der Waals surface area contributed by atoms with Gasteiger partial charge in [-0.2, -0.15) is 0 Å². The number of rotatable bonds is 5. The van der Waals surface area contributed by atoms with Crippen LogP contribution < -0.4 is 20.1 Å². The van der Waals surface area contributed by atoms with Gasteiger partial charge in [0.15, 0.2) is 0 Å². The summed E-state index contributed by atoms with van der Waals surface area (Å²) in [5.41, 5.74) is 1.98. The van der Waals surface area contributed by atoms with Crippen molar-refractivity contribution in [3.8, 4) is 11.5 Å². The lowest BCUT2D eigenvalue weighted by molar-refractivity contribution is -0.136. The minimum Gasteiger partial charge on any atom is -0.497 e. The summed E-state index contributed by atoms with van der Waals surface area (Å²) < 4.78 is 10.4. The molecule has 160 valence electrons. The number of hydrogen-bond acceptors (Lipinski definition) is 6. The standard InChI is InChI=1S/C22H21N3O6/c1-30-15-8-14(9-16(10-15)31-2)23-20(27)12-3-4-17-13(7-12)11-25(22(17)29)18-5-6-19(26)24-21(18)28/h3-4,7-10,18H,5-6,11H2,1-2H3,(H,23,27)(H,24,26,28). The van der Waals surface area contributed by atoms with Gasteiger partial charge in [0.1, 0.15) is 17.5 Å². The van der Waals surface area contributed by atoms with E-state index in [2.05, 4.69) is 10.6 Å². The molecule has 1 atom stereocenters. The Morgan fingerprint density at radius 1 is 1.06 bits per heavy atom. The largest absolute Gasteiger partial charge is 0.497 e. The fraction of sp³-hybridized carbons (Fsp3) is 0.273. The first-order valence-corrected chi connectivity index (χ1v) is 9.71. The summed E-state index contributed by atoms with van der Waals surface area (Å²) in [6, 6.07) is 9.14. The molecule has 2 aromatic carbocycles. The molecule has 2 aliphatic heterocycles. The van der Waals surface area contributed by atoms with Crippen LogP contribution in [0.3, 0.4) is 0 Å². The number of methoxy groups -OCH3 is 2.